The molecule has 43 valence electrons. The Labute approximate surface area is 51.3 Å². The van der Waals surface area contributed by atoms with Crippen LogP contribution in [-0.4, -0.2) is 28.9 Å². The van der Waals surface area contributed by atoms with Crippen LogP contribution in [0.4, 0.5) is 0 Å². The second-order valence-corrected chi connectivity index (χ2v) is 1.56. The van der Waals surface area contributed by atoms with E-state index in [0.29, 0.717) is 13.2 Å². The van der Waals surface area contributed by atoms with E-state index in [2.05, 4.69) is 15.0 Å². The highest BCUT2D eigenvalue weighted by atomic mass is 28.2. The van der Waals surface area contributed by atoms with Gasteiger partial charge in [0.25, 0.3) is 10.5 Å². The summed E-state index contributed by atoms with van der Waals surface area (Å²) in [4.78, 5) is 4.90. The lowest BCUT2D eigenvalue weighted by atomic mass is 10.5. The largest absolute Gasteiger partial charge is 0.323 e. The molecule has 0 saturated heterocycles. The van der Waals surface area contributed by atoms with E-state index >= 15 is 0 Å². The fraction of sp³-hybridized carbons (Fsp3) is 0.500. The van der Waals surface area contributed by atoms with Gasteiger partial charge in [-0.15, -0.1) is 0 Å². The van der Waals surface area contributed by atoms with Gasteiger partial charge in [0.2, 0.25) is 0 Å². The number of rotatable bonds is 1. The van der Waals surface area contributed by atoms with E-state index in [1.54, 1.807) is 0 Å². The summed E-state index contributed by atoms with van der Waals surface area (Å²) in [6.45, 7) is 1.26. The van der Waals surface area contributed by atoms with Crippen molar-refractivity contribution in [1.29, 1.82) is 0 Å². The zero-order valence-corrected chi connectivity index (χ0v) is 5.33. The van der Waals surface area contributed by atoms with Crippen LogP contribution in [0.3, 0.4) is 0 Å². The van der Waals surface area contributed by atoms with Crippen LogP contribution in [-0.2, 0) is 9.36 Å². The molecule has 1 heterocycles. The first kappa shape index (κ1) is 5.96. The second kappa shape index (κ2) is 2.98. The van der Waals surface area contributed by atoms with Gasteiger partial charge in [0.1, 0.15) is 0 Å². The molecule has 0 aromatic rings. The smallest absolute Gasteiger partial charge is 0.284 e. The highest BCUT2D eigenvalue weighted by molar-refractivity contribution is 5.97. The van der Waals surface area contributed by atoms with Gasteiger partial charge in [-0.05, 0) is 0 Å². The maximum absolute atomic E-state index is 4.90. The van der Waals surface area contributed by atoms with Gasteiger partial charge in [-0.1, -0.05) is 17.4 Å². The summed E-state index contributed by atoms with van der Waals surface area (Å²) in [7, 11) is 2.82. The average Bonchev–Trinajstić information content (AvgIpc) is 1.90. The van der Waals surface area contributed by atoms with Gasteiger partial charge < -0.3 is 4.53 Å². The van der Waals surface area contributed by atoms with Crippen molar-refractivity contribution in [1.82, 2.24) is 5.23 Å². The molecule has 0 aromatic carbocycles. The minimum Gasteiger partial charge on any atom is -0.323 e. The van der Waals surface area contributed by atoms with E-state index < -0.39 is 0 Å². The summed E-state index contributed by atoms with van der Waals surface area (Å²) in [5, 5.41) is 1.34. The zero-order valence-electron chi connectivity index (χ0n) is 4.33. The predicted molar refractivity (Wildman–Crippen MR) is 28.6 cm³/mol. The second-order valence-electron chi connectivity index (χ2n) is 1.37. The summed E-state index contributed by atoms with van der Waals surface area (Å²) in [5.74, 6) is 0. The summed E-state index contributed by atoms with van der Waals surface area (Å²) >= 11 is 0. The molecule has 0 amide bonds. The third-order valence-corrected chi connectivity index (χ3v) is 1.04. The molecule has 8 heavy (non-hydrogen) atoms. The minimum atomic E-state index is 0.588. The van der Waals surface area contributed by atoms with Crippen LogP contribution < -0.4 is 0 Å². The molecule has 1 rings (SSSR count). The van der Waals surface area contributed by atoms with Gasteiger partial charge in [-0.3, -0.25) is 4.84 Å². The van der Waals surface area contributed by atoms with E-state index in [-0.39, 0.29) is 0 Å². The molecule has 3 radical (unpaired) electrons. The maximum Gasteiger partial charge on any atom is 0.284 e. The Hall–Kier alpha value is -0.163. The standard InChI is InChI=1S/C4H6NO2Si/c8-7-5-3-1-2-4-6-5/h1-2H,3-4H2. The molecule has 0 N–H and O–H groups in total. The van der Waals surface area contributed by atoms with Gasteiger partial charge in [-0.2, -0.15) is 0 Å². The van der Waals surface area contributed by atoms with Crippen LogP contribution in [0.25, 0.3) is 0 Å². The number of hydrogen-bond donors (Lipinski definition) is 0. The van der Waals surface area contributed by atoms with Crippen molar-refractivity contribution in [3.63, 3.8) is 0 Å². The van der Waals surface area contributed by atoms with Gasteiger partial charge in [0, 0.05) is 0 Å². The molecule has 1 aliphatic rings. The topological polar surface area (TPSA) is 21.7 Å². The van der Waals surface area contributed by atoms with Crippen LogP contribution in [0.15, 0.2) is 12.2 Å². The summed E-state index contributed by atoms with van der Waals surface area (Å²) in [6.07, 6.45) is 3.89. The Morgan fingerprint density at radius 2 is 2.50 bits per heavy atom. The van der Waals surface area contributed by atoms with Crippen molar-refractivity contribution >= 4 is 10.5 Å². The molecule has 0 aliphatic carbocycles. The molecule has 0 saturated carbocycles. The molecule has 1 aliphatic heterocycles. The van der Waals surface area contributed by atoms with Crippen LogP contribution >= 0.6 is 0 Å². The first-order valence-corrected chi connectivity index (χ1v) is 2.73. The Balaban J connectivity index is 2.27. The zero-order chi connectivity index (χ0) is 5.82. The average molecular weight is 128 g/mol. The van der Waals surface area contributed by atoms with Crippen LogP contribution in [0.5, 0.6) is 0 Å². The summed E-state index contributed by atoms with van der Waals surface area (Å²) in [6, 6.07) is 0. The molecular formula is C4H6NO2Si. The number of hydroxylamine groups is 2. The Kier molecular flexibility index (Phi) is 2.22. The van der Waals surface area contributed by atoms with Crippen molar-refractivity contribution in [2.45, 2.75) is 0 Å². The molecule has 0 atom stereocenters. The highest BCUT2D eigenvalue weighted by Crippen LogP contribution is 1.95. The summed E-state index contributed by atoms with van der Waals surface area (Å²) < 4.78 is 4.56. The van der Waals surface area contributed by atoms with Gasteiger partial charge in [-0.25, -0.2) is 0 Å². The minimum absolute atomic E-state index is 0.588. The Bertz CT molecular complexity index is 96.0. The predicted octanol–water partition coefficient (Wildman–Crippen LogP) is -0.195. The lowest BCUT2D eigenvalue weighted by molar-refractivity contribution is -0.309. The molecule has 0 aromatic heterocycles. The van der Waals surface area contributed by atoms with Crippen LogP contribution in [0.2, 0.25) is 0 Å². The van der Waals surface area contributed by atoms with Crippen molar-refractivity contribution in [2.24, 2.45) is 0 Å². The van der Waals surface area contributed by atoms with E-state index in [0.717, 1.165) is 0 Å². The van der Waals surface area contributed by atoms with Crippen molar-refractivity contribution in [3.8, 4) is 0 Å². The maximum atomic E-state index is 4.90. The molecule has 0 bridgehead atoms. The lowest BCUT2D eigenvalue weighted by Crippen LogP contribution is -2.26. The number of hydrogen-bond acceptors (Lipinski definition) is 3. The first-order chi connectivity index (χ1) is 3.93. The van der Waals surface area contributed by atoms with E-state index in [9.17, 15) is 0 Å². The fourth-order valence-electron chi connectivity index (χ4n) is 0.471. The Morgan fingerprint density at radius 1 is 1.62 bits per heavy atom. The van der Waals surface area contributed by atoms with E-state index in [1.807, 2.05) is 12.2 Å². The molecule has 4 heteroatoms. The third-order valence-electron chi connectivity index (χ3n) is 0.838. The fourth-order valence-corrected chi connectivity index (χ4v) is 0.598. The van der Waals surface area contributed by atoms with Gasteiger partial charge in [0.15, 0.2) is 0 Å². The van der Waals surface area contributed by atoms with Crippen molar-refractivity contribution in [3.05, 3.63) is 12.2 Å². The van der Waals surface area contributed by atoms with Crippen molar-refractivity contribution < 1.29 is 9.36 Å². The Morgan fingerprint density at radius 3 is 2.88 bits per heavy atom. The monoisotopic (exact) mass is 128 g/mol. The van der Waals surface area contributed by atoms with Crippen LogP contribution in [0.1, 0.15) is 0 Å². The van der Waals surface area contributed by atoms with E-state index in [4.69, 9.17) is 4.84 Å². The first-order valence-electron chi connectivity index (χ1n) is 2.32. The van der Waals surface area contributed by atoms with Gasteiger partial charge >= 0.3 is 0 Å². The van der Waals surface area contributed by atoms with Crippen molar-refractivity contribution in [2.75, 3.05) is 13.2 Å². The SMILES string of the molecule is [Si]ON1CC=CCO1. The van der Waals surface area contributed by atoms with E-state index in [1.165, 1.54) is 5.23 Å². The lowest BCUT2D eigenvalue weighted by Gasteiger charge is -2.18. The summed E-state index contributed by atoms with van der Waals surface area (Å²) in [5.41, 5.74) is 0. The molecule has 3 nitrogen and oxygen atoms in total. The van der Waals surface area contributed by atoms with Crippen LogP contribution in [0, 0.1) is 0 Å². The normalized spacial score (nSPS) is 21.6. The molecule has 0 spiro atoms. The number of nitrogens with zero attached hydrogens (tertiary/aromatic N) is 1. The highest BCUT2D eigenvalue weighted by Gasteiger charge is 2.01. The van der Waals surface area contributed by atoms with Gasteiger partial charge in [0.05, 0.1) is 13.2 Å². The third kappa shape index (κ3) is 1.41. The molecule has 0 unspecified atom stereocenters. The molecule has 0 fully saturated rings. The molecular weight excluding hydrogens is 122 g/mol. The quantitative estimate of drug-likeness (QED) is 0.361.